The van der Waals surface area contributed by atoms with Gasteiger partial charge in [0, 0.05) is 94.8 Å². The number of rotatable bonds is 15. The first-order valence-corrected chi connectivity index (χ1v) is 20.9. The van der Waals surface area contributed by atoms with Crippen LogP contribution in [0.2, 0.25) is 5.02 Å². The number of piperazine rings is 1. The third-order valence-electron chi connectivity index (χ3n) is 11.3. The molecule has 1 aromatic carbocycles. The molecule has 7 heterocycles. The van der Waals surface area contributed by atoms with Crippen molar-refractivity contribution in [2.24, 2.45) is 0 Å². The lowest BCUT2D eigenvalue weighted by Crippen LogP contribution is -2.52. The minimum absolute atomic E-state index is 0.0989. The molecule has 0 aliphatic carbocycles. The maximum absolute atomic E-state index is 13.2. The minimum Gasteiger partial charge on any atom is -0.474 e. The number of pyridine rings is 1. The zero-order valence-corrected chi connectivity index (χ0v) is 34.3. The van der Waals surface area contributed by atoms with Crippen molar-refractivity contribution in [1.29, 1.82) is 0 Å². The molecule has 4 aromatic rings. The summed E-state index contributed by atoms with van der Waals surface area (Å²) in [6.07, 6.45) is 7.04. The number of urea groups is 1. The number of carbonyl (C=O) groups excluding carboxylic acids is 5. The highest BCUT2D eigenvalue weighted by atomic mass is 35.5. The second-order valence-electron chi connectivity index (χ2n) is 15.3. The van der Waals surface area contributed by atoms with Gasteiger partial charge in [0.05, 0.1) is 48.6 Å². The van der Waals surface area contributed by atoms with Gasteiger partial charge in [-0.15, -0.1) is 0 Å². The minimum atomic E-state index is -0.632. The SMILES string of the molecule is O=C(CCOCCN1CCN(c2ccc3c(c2)CN(C2CCC(=O)NC2=O)C3=O)CC1)NCCOc1ncc(Cl)cc1NC(=O)Nc1cnc2ccnn2c1C1CCOCC1. The van der Waals surface area contributed by atoms with Crippen molar-refractivity contribution in [3.8, 4) is 5.88 Å². The molecule has 19 nitrogen and oxygen atoms in total. The third-order valence-corrected chi connectivity index (χ3v) is 11.5. The number of piperidine rings is 1. The number of nitrogens with zero attached hydrogens (tertiary/aromatic N) is 7. The third kappa shape index (κ3) is 10.0. The van der Waals surface area contributed by atoms with Crippen LogP contribution < -0.4 is 30.9 Å². The van der Waals surface area contributed by atoms with E-state index in [0.717, 1.165) is 62.5 Å². The standard InChI is InChI=1S/C41H48ClN11O8/c42-28-22-31(47-41(58)48-32-24-44-34-5-9-46-53(34)37(32)26-6-16-59-17-7-26)39(45-23-28)61-19-10-43-35(54)8-18-60-20-15-50-11-13-51(14-12-50)29-1-2-30-27(21-29)25-52(40(30)57)33-3-4-36(55)49-38(33)56/h1-2,5,9,21-24,26,33H,3-4,6-8,10-20,25H2,(H,43,54)(H2,47,48,58)(H,49,55,56). The van der Waals surface area contributed by atoms with Crippen LogP contribution in [0.25, 0.3) is 5.65 Å². The van der Waals surface area contributed by atoms with Gasteiger partial charge in [-0.1, -0.05) is 11.6 Å². The number of hydrogen-bond acceptors (Lipinski definition) is 13. The molecule has 0 radical (unpaired) electrons. The molecule has 4 aliphatic rings. The maximum Gasteiger partial charge on any atom is 0.323 e. The predicted molar refractivity (Wildman–Crippen MR) is 223 cm³/mol. The summed E-state index contributed by atoms with van der Waals surface area (Å²) in [7, 11) is 0. The molecule has 4 aliphatic heterocycles. The van der Waals surface area contributed by atoms with Crippen LogP contribution in [0, 0.1) is 0 Å². The number of nitrogens with one attached hydrogen (secondary N) is 4. The largest absolute Gasteiger partial charge is 0.474 e. The molecule has 61 heavy (non-hydrogen) atoms. The summed E-state index contributed by atoms with van der Waals surface area (Å²) in [5, 5.41) is 15.6. The topological polar surface area (TPSA) is 214 Å². The van der Waals surface area contributed by atoms with Crippen molar-refractivity contribution < 1.29 is 38.2 Å². The predicted octanol–water partition coefficient (Wildman–Crippen LogP) is 2.80. The van der Waals surface area contributed by atoms with E-state index in [0.29, 0.717) is 54.7 Å². The fraction of sp³-hybridized carbons (Fsp3) is 0.463. The molecular formula is C41H48ClN11O8. The highest BCUT2D eigenvalue weighted by Crippen LogP contribution is 2.34. The van der Waals surface area contributed by atoms with Crippen LogP contribution in [0.4, 0.5) is 21.9 Å². The van der Waals surface area contributed by atoms with Crippen molar-refractivity contribution in [1.82, 2.24) is 40.0 Å². The van der Waals surface area contributed by atoms with Gasteiger partial charge < -0.3 is 40.0 Å². The molecule has 3 saturated heterocycles. The van der Waals surface area contributed by atoms with Gasteiger partial charge in [0.2, 0.25) is 23.6 Å². The number of hydrogen-bond donors (Lipinski definition) is 4. The van der Waals surface area contributed by atoms with Crippen molar-refractivity contribution >= 4 is 64.0 Å². The van der Waals surface area contributed by atoms with E-state index < -0.39 is 18.0 Å². The van der Waals surface area contributed by atoms with Crippen LogP contribution in [-0.2, 0) is 30.4 Å². The van der Waals surface area contributed by atoms with E-state index in [1.54, 1.807) is 21.8 Å². The van der Waals surface area contributed by atoms with Crippen molar-refractivity contribution in [2.45, 2.75) is 50.6 Å². The Labute approximate surface area is 356 Å². The van der Waals surface area contributed by atoms with Crippen molar-refractivity contribution in [3.63, 3.8) is 0 Å². The number of anilines is 3. The van der Waals surface area contributed by atoms with E-state index in [1.165, 1.54) is 12.3 Å². The smallest absolute Gasteiger partial charge is 0.323 e. The molecule has 3 aromatic heterocycles. The van der Waals surface area contributed by atoms with Gasteiger partial charge in [-0.2, -0.15) is 5.10 Å². The van der Waals surface area contributed by atoms with E-state index in [2.05, 4.69) is 46.1 Å². The molecule has 6 amide bonds. The van der Waals surface area contributed by atoms with Crippen molar-refractivity contribution in [2.75, 3.05) is 87.8 Å². The van der Waals surface area contributed by atoms with E-state index in [9.17, 15) is 24.0 Å². The molecule has 1 unspecified atom stereocenters. The first-order chi connectivity index (χ1) is 29.7. The normalized spacial score (nSPS) is 18.6. The summed E-state index contributed by atoms with van der Waals surface area (Å²) in [6.45, 7) is 6.69. The lowest BCUT2D eigenvalue weighted by molar-refractivity contribution is -0.137. The molecular weight excluding hydrogens is 810 g/mol. The Hall–Kier alpha value is -5.89. The average molecular weight is 858 g/mol. The molecule has 4 N–H and O–H groups in total. The molecule has 8 rings (SSSR count). The Balaban J connectivity index is 0.717. The number of carbonyl (C=O) groups is 5. The summed E-state index contributed by atoms with van der Waals surface area (Å²) in [4.78, 5) is 77.7. The number of benzene rings is 1. The summed E-state index contributed by atoms with van der Waals surface area (Å²) >= 11 is 6.21. The van der Waals surface area contributed by atoms with Crippen LogP contribution in [0.15, 0.2) is 48.9 Å². The molecule has 0 bridgehead atoms. The van der Waals surface area contributed by atoms with Gasteiger partial charge in [-0.3, -0.25) is 29.4 Å². The number of aromatic nitrogens is 4. The van der Waals surface area contributed by atoms with Gasteiger partial charge in [-0.05, 0) is 49.1 Å². The Morgan fingerprint density at radius 2 is 1.75 bits per heavy atom. The van der Waals surface area contributed by atoms with Crippen molar-refractivity contribution in [3.05, 3.63) is 70.8 Å². The summed E-state index contributed by atoms with van der Waals surface area (Å²) < 4.78 is 18.9. The second-order valence-corrected chi connectivity index (χ2v) is 15.7. The van der Waals surface area contributed by atoms with E-state index in [-0.39, 0.29) is 67.8 Å². The number of fused-ring (bicyclic) bond motifs is 2. The molecule has 20 heteroatoms. The monoisotopic (exact) mass is 857 g/mol. The van der Waals surface area contributed by atoms with Crippen LogP contribution in [0.1, 0.15) is 59.6 Å². The van der Waals surface area contributed by atoms with Crippen LogP contribution >= 0.6 is 11.6 Å². The Kier molecular flexibility index (Phi) is 13.2. The molecule has 3 fully saturated rings. The van der Waals surface area contributed by atoms with Gasteiger partial charge >= 0.3 is 6.03 Å². The first kappa shape index (κ1) is 41.8. The Morgan fingerprint density at radius 1 is 0.934 bits per heavy atom. The summed E-state index contributed by atoms with van der Waals surface area (Å²) in [6, 6.07) is 8.00. The number of amides is 6. The second kappa shape index (κ2) is 19.2. The fourth-order valence-corrected chi connectivity index (χ4v) is 8.29. The summed E-state index contributed by atoms with van der Waals surface area (Å²) in [5.41, 5.74) is 4.84. The number of halogens is 1. The zero-order chi connectivity index (χ0) is 42.3. The number of imide groups is 1. The van der Waals surface area contributed by atoms with E-state index >= 15 is 0 Å². The molecule has 1 atom stereocenters. The molecule has 0 saturated carbocycles. The summed E-state index contributed by atoms with van der Waals surface area (Å²) in [5.74, 6) is -0.804. The highest BCUT2D eigenvalue weighted by molar-refractivity contribution is 6.30. The fourth-order valence-electron chi connectivity index (χ4n) is 8.13. The van der Waals surface area contributed by atoms with Crippen LogP contribution in [-0.4, -0.2) is 137 Å². The maximum atomic E-state index is 13.2. The van der Waals surface area contributed by atoms with Gasteiger partial charge in [0.25, 0.3) is 5.91 Å². The quantitative estimate of drug-likeness (QED) is 0.100. The zero-order valence-electron chi connectivity index (χ0n) is 33.6. The Morgan fingerprint density at radius 3 is 2.57 bits per heavy atom. The van der Waals surface area contributed by atoms with Gasteiger partial charge in [0.15, 0.2) is 5.65 Å². The molecule has 0 spiro atoms. The van der Waals surface area contributed by atoms with Crippen LogP contribution in [0.3, 0.4) is 0 Å². The lowest BCUT2D eigenvalue weighted by Gasteiger charge is -2.36. The average Bonchev–Trinajstić information content (AvgIpc) is 3.87. The molecule has 322 valence electrons. The number of ether oxygens (including phenoxy) is 3. The van der Waals surface area contributed by atoms with E-state index in [4.69, 9.17) is 25.8 Å². The Bertz CT molecular complexity index is 2280. The lowest BCUT2D eigenvalue weighted by atomic mass is 9.95. The van der Waals surface area contributed by atoms with Gasteiger partial charge in [-0.25, -0.2) is 19.3 Å². The first-order valence-electron chi connectivity index (χ1n) is 20.6. The van der Waals surface area contributed by atoms with Crippen LogP contribution in [0.5, 0.6) is 5.88 Å². The van der Waals surface area contributed by atoms with E-state index in [1.807, 2.05) is 24.3 Å². The van der Waals surface area contributed by atoms with Gasteiger partial charge in [0.1, 0.15) is 18.3 Å². The highest BCUT2D eigenvalue weighted by Gasteiger charge is 2.39.